The minimum absolute atomic E-state index is 0.582. The van der Waals surface area contributed by atoms with Crippen LogP contribution >= 0.6 is 11.3 Å². The second-order valence-electron chi connectivity index (χ2n) is 6.07. The lowest BCUT2D eigenvalue weighted by Crippen LogP contribution is -1.98. The first kappa shape index (κ1) is 16.0. The predicted octanol–water partition coefficient (Wildman–Crippen LogP) is 4.79. The molecule has 0 saturated heterocycles. The van der Waals surface area contributed by atoms with Crippen LogP contribution in [0.5, 0.6) is 5.75 Å². The molecule has 0 atom stereocenters. The number of rotatable bonds is 6. The summed E-state index contributed by atoms with van der Waals surface area (Å²) >= 11 is 1.75. The van der Waals surface area contributed by atoms with Gasteiger partial charge < -0.3 is 10.1 Å². The maximum absolute atomic E-state index is 5.26. The van der Waals surface area contributed by atoms with Crippen LogP contribution in [0.3, 0.4) is 0 Å². The van der Waals surface area contributed by atoms with E-state index in [0.717, 1.165) is 23.6 Å². The fourth-order valence-corrected chi connectivity index (χ4v) is 3.78. The second-order valence-corrected chi connectivity index (χ2v) is 7.16. The summed E-state index contributed by atoms with van der Waals surface area (Å²) in [6.07, 6.45) is 5.23. The van der Waals surface area contributed by atoms with E-state index in [9.17, 15) is 0 Å². The largest absolute Gasteiger partial charge is 0.497 e. The lowest BCUT2D eigenvalue weighted by Gasteiger charge is -2.08. The molecule has 0 aliphatic heterocycles. The zero-order valence-corrected chi connectivity index (χ0v) is 15.1. The summed E-state index contributed by atoms with van der Waals surface area (Å²) in [6, 6.07) is 9.71. The molecule has 0 amide bonds. The van der Waals surface area contributed by atoms with Gasteiger partial charge in [-0.25, -0.2) is 15.0 Å². The topological polar surface area (TPSA) is 59.9 Å². The van der Waals surface area contributed by atoms with E-state index in [1.54, 1.807) is 24.6 Å². The number of hydrogen-bond acceptors (Lipinski definition) is 6. The van der Waals surface area contributed by atoms with Crippen LogP contribution in [-0.4, -0.2) is 22.1 Å². The Labute approximate surface area is 151 Å². The van der Waals surface area contributed by atoms with E-state index in [1.807, 2.05) is 30.3 Å². The van der Waals surface area contributed by atoms with Crippen LogP contribution in [0.1, 0.15) is 36.4 Å². The highest BCUT2D eigenvalue weighted by Gasteiger charge is 2.30. The van der Waals surface area contributed by atoms with Crippen molar-refractivity contribution in [3.8, 4) is 16.3 Å². The Morgan fingerprint density at radius 2 is 2.12 bits per heavy atom. The molecule has 1 saturated carbocycles. The van der Waals surface area contributed by atoms with Gasteiger partial charge in [0.15, 0.2) is 0 Å². The molecule has 1 aliphatic carbocycles. The average molecular weight is 352 g/mol. The van der Waals surface area contributed by atoms with Crippen molar-refractivity contribution in [1.29, 1.82) is 0 Å². The molecule has 1 aromatic carbocycles. The molecule has 1 fully saturated rings. The first-order chi connectivity index (χ1) is 12.3. The number of anilines is 2. The second kappa shape index (κ2) is 6.80. The molecule has 6 heteroatoms. The van der Waals surface area contributed by atoms with E-state index in [0.29, 0.717) is 11.9 Å². The number of benzene rings is 1. The highest BCUT2D eigenvalue weighted by atomic mass is 32.1. The maximum atomic E-state index is 5.26. The number of nitrogens with one attached hydrogen (secondary N) is 1. The van der Waals surface area contributed by atoms with Gasteiger partial charge in [-0.1, -0.05) is 13.0 Å². The Hall–Kier alpha value is -2.47. The van der Waals surface area contributed by atoms with Gasteiger partial charge in [-0.15, -0.1) is 11.3 Å². The molecule has 4 rings (SSSR count). The van der Waals surface area contributed by atoms with Crippen LogP contribution in [-0.2, 0) is 6.42 Å². The lowest BCUT2D eigenvalue weighted by molar-refractivity contribution is 0.415. The van der Waals surface area contributed by atoms with Crippen molar-refractivity contribution in [1.82, 2.24) is 15.0 Å². The first-order valence-corrected chi connectivity index (χ1v) is 9.32. The molecule has 5 nitrogen and oxygen atoms in total. The van der Waals surface area contributed by atoms with E-state index in [-0.39, 0.29) is 0 Å². The Kier molecular flexibility index (Phi) is 4.36. The monoisotopic (exact) mass is 352 g/mol. The fourth-order valence-electron chi connectivity index (χ4n) is 2.72. The van der Waals surface area contributed by atoms with Crippen LogP contribution < -0.4 is 10.1 Å². The predicted molar refractivity (Wildman–Crippen MR) is 101 cm³/mol. The number of methoxy groups -OCH3 is 1. The molecule has 0 bridgehead atoms. The molecule has 1 N–H and O–H groups in total. The molecule has 2 heterocycles. The SMILES string of the molecule is CCc1nc(C2CC2)c(-c2ccnc(Nc3cccc(OC)c3)n2)s1. The van der Waals surface area contributed by atoms with Gasteiger partial charge in [-0.3, -0.25) is 0 Å². The quantitative estimate of drug-likeness (QED) is 0.691. The van der Waals surface area contributed by atoms with Gasteiger partial charge in [-0.2, -0.15) is 0 Å². The molecule has 0 radical (unpaired) electrons. The molecule has 0 spiro atoms. The molecule has 128 valence electrons. The maximum Gasteiger partial charge on any atom is 0.227 e. The van der Waals surface area contributed by atoms with Crippen LogP contribution in [0.15, 0.2) is 36.5 Å². The zero-order chi connectivity index (χ0) is 17.2. The van der Waals surface area contributed by atoms with E-state index in [1.165, 1.54) is 28.4 Å². The minimum atomic E-state index is 0.582. The number of aromatic nitrogens is 3. The number of hydrogen-bond donors (Lipinski definition) is 1. The van der Waals surface area contributed by atoms with Gasteiger partial charge in [0.05, 0.1) is 28.4 Å². The molecule has 3 aromatic rings. The summed E-state index contributed by atoms with van der Waals surface area (Å²) < 4.78 is 5.26. The number of thiazole rings is 1. The highest BCUT2D eigenvalue weighted by Crippen LogP contribution is 2.45. The van der Waals surface area contributed by atoms with Crippen LogP contribution in [0.4, 0.5) is 11.6 Å². The van der Waals surface area contributed by atoms with Crippen LogP contribution in [0.25, 0.3) is 10.6 Å². The van der Waals surface area contributed by atoms with Gasteiger partial charge in [0.25, 0.3) is 0 Å². The van der Waals surface area contributed by atoms with Crippen molar-refractivity contribution in [3.63, 3.8) is 0 Å². The minimum Gasteiger partial charge on any atom is -0.497 e. The van der Waals surface area contributed by atoms with Crippen molar-refractivity contribution in [2.45, 2.75) is 32.1 Å². The Bertz CT molecular complexity index is 889. The number of ether oxygens (including phenoxy) is 1. The van der Waals surface area contributed by atoms with Gasteiger partial charge in [0, 0.05) is 23.9 Å². The summed E-state index contributed by atoms with van der Waals surface area (Å²) in [4.78, 5) is 15.1. The third kappa shape index (κ3) is 3.49. The summed E-state index contributed by atoms with van der Waals surface area (Å²) in [5, 5.41) is 4.43. The first-order valence-electron chi connectivity index (χ1n) is 8.51. The van der Waals surface area contributed by atoms with Crippen molar-refractivity contribution in [2.24, 2.45) is 0 Å². The lowest BCUT2D eigenvalue weighted by atomic mass is 10.2. The summed E-state index contributed by atoms with van der Waals surface area (Å²) in [5.41, 5.74) is 3.06. The zero-order valence-electron chi connectivity index (χ0n) is 14.3. The van der Waals surface area contributed by atoms with Gasteiger partial charge >= 0.3 is 0 Å². The van der Waals surface area contributed by atoms with Crippen molar-refractivity contribution in [2.75, 3.05) is 12.4 Å². The van der Waals surface area contributed by atoms with Gasteiger partial charge in [0.1, 0.15) is 5.75 Å². The van der Waals surface area contributed by atoms with Gasteiger partial charge in [0.2, 0.25) is 5.95 Å². The molecule has 1 aliphatic rings. The van der Waals surface area contributed by atoms with E-state index in [4.69, 9.17) is 14.7 Å². The normalized spacial score (nSPS) is 13.7. The van der Waals surface area contributed by atoms with Crippen molar-refractivity contribution in [3.05, 3.63) is 47.2 Å². The molecule has 0 unspecified atom stereocenters. The number of aryl methyl sites for hydroxylation is 1. The summed E-state index contributed by atoms with van der Waals surface area (Å²) in [7, 11) is 1.66. The molecular formula is C19H20N4OS. The third-order valence-corrected chi connectivity index (χ3v) is 5.42. The number of nitrogens with zero attached hydrogens (tertiary/aromatic N) is 3. The highest BCUT2D eigenvalue weighted by molar-refractivity contribution is 7.15. The summed E-state index contributed by atoms with van der Waals surface area (Å²) in [6.45, 7) is 2.15. The Morgan fingerprint density at radius 3 is 2.88 bits per heavy atom. The van der Waals surface area contributed by atoms with E-state index in [2.05, 4.69) is 17.2 Å². The van der Waals surface area contributed by atoms with Crippen molar-refractivity contribution >= 4 is 23.0 Å². The standard InChI is InChI=1S/C19H20N4OS/c1-3-16-23-17(12-7-8-12)18(25-16)15-9-10-20-19(22-15)21-13-5-4-6-14(11-13)24-2/h4-6,9-12H,3,7-8H2,1-2H3,(H,20,21,22). The average Bonchev–Trinajstić information content (AvgIpc) is 3.40. The fraction of sp³-hybridized carbons (Fsp3) is 0.316. The smallest absolute Gasteiger partial charge is 0.227 e. The van der Waals surface area contributed by atoms with Gasteiger partial charge in [-0.05, 0) is 37.5 Å². The van der Waals surface area contributed by atoms with Crippen LogP contribution in [0, 0.1) is 0 Å². The van der Waals surface area contributed by atoms with Crippen molar-refractivity contribution < 1.29 is 4.74 Å². The third-order valence-electron chi connectivity index (χ3n) is 4.18. The Morgan fingerprint density at radius 1 is 1.24 bits per heavy atom. The summed E-state index contributed by atoms with van der Waals surface area (Å²) in [5.74, 6) is 1.99. The Balaban J connectivity index is 1.64. The van der Waals surface area contributed by atoms with E-state index < -0.39 is 0 Å². The molecule has 2 aromatic heterocycles. The van der Waals surface area contributed by atoms with Crippen LogP contribution in [0.2, 0.25) is 0 Å². The molecular weight excluding hydrogens is 332 g/mol. The molecule has 25 heavy (non-hydrogen) atoms. The van der Waals surface area contributed by atoms with E-state index >= 15 is 0 Å².